The molecule has 0 saturated heterocycles. The molecule has 1 atom stereocenters. The maximum atomic E-state index is 13.2. The van der Waals surface area contributed by atoms with E-state index in [1.165, 1.54) is 61.7 Å². The highest BCUT2D eigenvalue weighted by Crippen LogP contribution is 2.29. The average Bonchev–Trinajstić information content (AvgIpc) is 3.04. The summed E-state index contributed by atoms with van der Waals surface area (Å²) in [6.07, 6.45) is 1.19. The molecule has 1 heterocycles. The van der Waals surface area contributed by atoms with Gasteiger partial charge in [-0.1, -0.05) is 0 Å². The van der Waals surface area contributed by atoms with E-state index < -0.39 is 28.5 Å². The van der Waals surface area contributed by atoms with Crippen molar-refractivity contribution in [2.45, 2.75) is 6.42 Å². The molecule has 160 valence electrons. The standard InChI is InChI=1S/C21H18FN3O6/c1-31-12-19-18(20(26)24(23-19)16-8-4-15(22)5-9-16)11-14(21(27)28)10-13-2-6-17(7-3-13)25(29)30/h2-10,18H,11-12H2,1H3,(H,27,28)/b14-10-. The molecule has 0 spiro atoms. The van der Waals surface area contributed by atoms with E-state index in [0.717, 1.165) is 5.01 Å². The monoisotopic (exact) mass is 427 g/mol. The smallest absolute Gasteiger partial charge is 0.331 e. The maximum absolute atomic E-state index is 13.2. The number of methoxy groups -OCH3 is 1. The zero-order valence-electron chi connectivity index (χ0n) is 16.4. The van der Waals surface area contributed by atoms with Crippen molar-refractivity contribution in [2.75, 3.05) is 18.7 Å². The SMILES string of the molecule is COCC1=NN(c2ccc(F)cc2)C(=O)C1C/C(=C/c1ccc([N+](=O)[O-])cc1)C(=O)O. The summed E-state index contributed by atoms with van der Waals surface area (Å²) in [5, 5.41) is 25.8. The quantitative estimate of drug-likeness (QED) is 0.392. The summed E-state index contributed by atoms with van der Waals surface area (Å²) >= 11 is 0. The molecule has 1 aliphatic rings. The number of ether oxygens (including phenoxy) is 1. The summed E-state index contributed by atoms with van der Waals surface area (Å²) in [4.78, 5) is 35.0. The molecule has 0 bridgehead atoms. The van der Waals surface area contributed by atoms with Crippen LogP contribution < -0.4 is 5.01 Å². The molecular formula is C21H18FN3O6. The van der Waals surface area contributed by atoms with Crippen LogP contribution in [0.3, 0.4) is 0 Å². The van der Waals surface area contributed by atoms with Gasteiger partial charge in [-0.15, -0.1) is 0 Å². The highest BCUT2D eigenvalue weighted by molar-refractivity contribution is 6.16. The number of nitrogens with zero attached hydrogens (tertiary/aromatic N) is 3. The van der Waals surface area contributed by atoms with Crippen molar-refractivity contribution in [1.82, 2.24) is 0 Å². The van der Waals surface area contributed by atoms with Crippen LogP contribution in [-0.4, -0.2) is 41.3 Å². The number of nitro benzene ring substituents is 1. The molecule has 2 aromatic carbocycles. The Bertz CT molecular complexity index is 1060. The molecule has 0 fully saturated rings. The van der Waals surface area contributed by atoms with Crippen LogP contribution in [0.15, 0.2) is 59.2 Å². The molecule has 0 aliphatic carbocycles. The second kappa shape index (κ2) is 9.26. The number of carbonyl (C=O) groups excluding carboxylic acids is 1. The van der Waals surface area contributed by atoms with Crippen LogP contribution >= 0.6 is 0 Å². The molecule has 2 aromatic rings. The lowest BCUT2D eigenvalue weighted by Crippen LogP contribution is -2.29. The van der Waals surface area contributed by atoms with Gasteiger partial charge in [0.1, 0.15) is 5.82 Å². The van der Waals surface area contributed by atoms with Crippen LogP contribution in [0.25, 0.3) is 6.08 Å². The molecule has 1 N–H and O–H groups in total. The number of non-ortho nitro benzene ring substituents is 1. The summed E-state index contributed by atoms with van der Waals surface area (Å²) in [5.74, 6) is -3.05. The number of rotatable bonds is 8. The number of benzene rings is 2. The van der Waals surface area contributed by atoms with Crippen molar-refractivity contribution in [2.24, 2.45) is 11.0 Å². The minimum Gasteiger partial charge on any atom is -0.478 e. The van der Waals surface area contributed by atoms with E-state index >= 15 is 0 Å². The van der Waals surface area contributed by atoms with Crippen LogP contribution in [0, 0.1) is 21.8 Å². The molecular weight excluding hydrogens is 409 g/mol. The molecule has 0 aromatic heterocycles. The van der Waals surface area contributed by atoms with E-state index in [1.54, 1.807) is 0 Å². The van der Waals surface area contributed by atoms with Gasteiger partial charge in [-0.05, 0) is 54.5 Å². The predicted molar refractivity (Wildman–Crippen MR) is 110 cm³/mol. The third kappa shape index (κ3) is 4.98. The largest absolute Gasteiger partial charge is 0.478 e. The molecule has 10 heteroatoms. The Labute approximate surface area is 176 Å². The Hall–Kier alpha value is -3.92. The van der Waals surface area contributed by atoms with Crippen LogP contribution in [-0.2, 0) is 14.3 Å². The average molecular weight is 427 g/mol. The lowest BCUT2D eigenvalue weighted by atomic mass is 9.93. The van der Waals surface area contributed by atoms with E-state index in [0.29, 0.717) is 17.0 Å². The fraction of sp³-hybridized carbons (Fsp3) is 0.190. The van der Waals surface area contributed by atoms with Crippen LogP contribution in [0.2, 0.25) is 0 Å². The number of carboxylic acids is 1. The first-order chi connectivity index (χ1) is 14.8. The number of carboxylic acid groups (broad SMARTS) is 1. The number of hydrazone groups is 1. The minimum absolute atomic E-state index is 0.0124. The van der Waals surface area contributed by atoms with Crippen molar-refractivity contribution in [1.29, 1.82) is 0 Å². The molecule has 1 amide bonds. The Kier molecular flexibility index (Phi) is 6.51. The number of hydrogen-bond donors (Lipinski definition) is 1. The van der Waals surface area contributed by atoms with Gasteiger partial charge in [0.25, 0.3) is 11.6 Å². The normalized spacial score (nSPS) is 16.4. The topological polar surface area (TPSA) is 122 Å². The first-order valence-corrected chi connectivity index (χ1v) is 9.14. The molecule has 31 heavy (non-hydrogen) atoms. The first-order valence-electron chi connectivity index (χ1n) is 9.14. The Morgan fingerprint density at radius 2 is 1.90 bits per heavy atom. The first kappa shape index (κ1) is 21.8. The minimum atomic E-state index is -1.23. The number of anilines is 1. The van der Waals surface area contributed by atoms with E-state index in [-0.39, 0.29) is 24.3 Å². The molecule has 1 unspecified atom stereocenters. The molecule has 3 rings (SSSR count). The van der Waals surface area contributed by atoms with Crippen molar-refractivity contribution in [3.05, 3.63) is 75.6 Å². The van der Waals surface area contributed by atoms with Crippen LogP contribution in [0.5, 0.6) is 0 Å². The Morgan fingerprint density at radius 3 is 2.45 bits per heavy atom. The van der Waals surface area contributed by atoms with Gasteiger partial charge in [-0.2, -0.15) is 5.10 Å². The van der Waals surface area contributed by atoms with Gasteiger partial charge < -0.3 is 9.84 Å². The molecule has 0 saturated carbocycles. The molecule has 1 aliphatic heterocycles. The van der Waals surface area contributed by atoms with E-state index in [1.807, 2.05) is 0 Å². The Morgan fingerprint density at radius 1 is 1.26 bits per heavy atom. The number of halogens is 1. The number of amides is 1. The summed E-state index contributed by atoms with van der Waals surface area (Å²) in [5.41, 5.74) is 0.932. The summed E-state index contributed by atoms with van der Waals surface area (Å²) < 4.78 is 18.3. The number of hydrogen-bond acceptors (Lipinski definition) is 6. The third-order valence-corrected chi connectivity index (χ3v) is 4.64. The fourth-order valence-corrected chi connectivity index (χ4v) is 3.11. The lowest BCUT2D eigenvalue weighted by molar-refractivity contribution is -0.384. The summed E-state index contributed by atoms with van der Waals surface area (Å²) in [7, 11) is 1.43. The van der Waals surface area contributed by atoms with Gasteiger partial charge in [-0.25, -0.2) is 14.2 Å². The van der Waals surface area contributed by atoms with Gasteiger partial charge in [0.15, 0.2) is 0 Å². The van der Waals surface area contributed by atoms with Crippen molar-refractivity contribution in [3.63, 3.8) is 0 Å². The number of nitro groups is 1. The van der Waals surface area contributed by atoms with Crippen LogP contribution in [0.4, 0.5) is 15.8 Å². The van der Waals surface area contributed by atoms with Crippen molar-refractivity contribution >= 4 is 35.0 Å². The predicted octanol–water partition coefficient (Wildman–Crippen LogP) is 3.26. The van der Waals surface area contributed by atoms with Gasteiger partial charge in [0, 0.05) is 24.8 Å². The summed E-state index contributed by atoms with van der Waals surface area (Å²) in [6, 6.07) is 10.6. The van der Waals surface area contributed by atoms with Crippen molar-refractivity contribution < 1.29 is 28.7 Å². The van der Waals surface area contributed by atoms with E-state index in [4.69, 9.17) is 4.74 Å². The van der Waals surface area contributed by atoms with Gasteiger partial charge in [0.2, 0.25) is 0 Å². The summed E-state index contributed by atoms with van der Waals surface area (Å²) in [6.45, 7) is 0.0124. The fourth-order valence-electron chi connectivity index (χ4n) is 3.11. The van der Waals surface area contributed by atoms with Gasteiger partial charge >= 0.3 is 5.97 Å². The molecule has 0 radical (unpaired) electrons. The second-order valence-electron chi connectivity index (χ2n) is 6.73. The zero-order valence-corrected chi connectivity index (χ0v) is 16.4. The highest BCUT2D eigenvalue weighted by Gasteiger charge is 2.37. The van der Waals surface area contributed by atoms with Crippen molar-refractivity contribution in [3.8, 4) is 0 Å². The van der Waals surface area contributed by atoms with Gasteiger partial charge in [-0.3, -0.25) is 14.9 Å². The van der Waals surface area contributed by atoms with Crippen LogP contribution in [0.1, 0.15) is 12.0 Å². The number of carbonyl (C=O) groups is 2. The molecule has 9 nitrogen and oxygen atoms in total. The number of aliphatic carboxylic acids is 1. The van der Waals surface area contributed by atoms with E-state index in [9.17, 15) is 29.2 Å². The lowest BCUT2D eigenvalue weighted by Gasteiger charge is -2.15. The third-order valence-electron chi connectivity index (χ3n) is 4.64. The van der Waals surface area contributed by atoms with Gasteiger partial charge in [0.05, 0.1) is 28.8 Å². The van der Waals surface area contributed by atoms with E-state index in [2.05, 4.69) is 5.10 Å². The maximum Gasteiger partial charge on any atom is 0.331 e. The Balaban J connectivity index is 1.88. The zero-order chi connectivity index (χ0) is 22.5. The highest BCUT2D eigenvalue weighted by atomic mass is 19.1. The second-order valence-corrected chi connectivity index (χ2v) is 6.73.